The topological polar surface area (TPSA) is 67.2 Å². The summed E-state index contributed by atoms with van der Waals surface area (Å²) in [5.41, 5.74) is 3.38. The van der Waals surface area contributed by atoms with Crippen LogP contribution in [-0.2, 0) is 9.59 Å². The van der Waals surface area contributed by atoms with Gasteiger partial charge in [0, 0.05) is 26.0 Å². The zero-order chi connectivity index (χ0) is 19.1. The number of likely N-dealkylation sites (N-methyl/N-ethyl adjacent to an activating group) is 1. The van der Waals surface area contributed by atoms with Crippen LogP contribution in [0.4, 0.5) is 0 Å². The molecular weight excluding hydrogens is 348 g/mol. The molecule has 0 saturated carbocycles. The third-order valence-electron chi connectivity index (χ3n) is 3.93. The maximum atomic E-state index is 12.3. The van der Waals surface area contributed by atoms with Gasteiger partial charge >= 0.3 is 0 Å². The fraction of sp³-hybridized carbons (Fsp3) is 0.421. The molecule has 1 heterocycles. The normalized spacial score (nSPS) is 10.6. The second-order valence-corrected chi connectivity index (χ2v) is 7.20. The maximum Gasteiger partial charge on any atom is 0.239 e. The zero-order valence-electron chi connectivity index (χ0n) is 15.8. The summed E-state index contributed by atoms with van der Waals surface area (Å²) in [6, 6.07) is 6.25. The molecule has 0 fully saturated rings. The van der Waals surface area contributed by atoms with Crippen molar-refractivity contribution in [2.75, 3.05) is 25.9 Å². The van der Waals surface area contributed by atoms with Gasteiger partial charge in [-0.05, 0) is 37.5 Å². The van der Waals surface area contributed by atoms with Crippen molar-refractivity contribution in [1.29, 1.82) is 0 Å². The molecule has 6 nitrogen and oxygen atoms in total. The molecule has 0 spiro atoms. The summed E-state index contributed by atoms with van der Waals surface area (Å²) < 4.78 is 1.99. The van der Waals surface area contributed by atoms with E-state index in [0.717, 1.165) is 22.8 Å². The molecule has 1 aromatic carbocycles. The largest absolute Gasteiger partial charge is 0.355 e. The average Bonchev–Trinajstić information content (AvgIpc) is 3.08. The third-order valence-corrected chi connectivity index (χ3v) is 4.89. The molecule has 26 heavy (non-hydrogen) atoms. The van der Waals surface area contributed by atoms with Crippen molar-refractivity contribution in [3.8, 4) is 5.69 Å². The van der Waals surface area contributed by atoms with Crippen LogP contribution in [0.3, 0.4) is 0 Å². The van der Waals surface area contributed by atoms with Gasteiger partial charge in [-0.15, -0.1) is 0 Å². The molecule has 0 aliphatic carbocycles. The Balaban J connectivity index is 1.98. The summed E-state index contributed by atoms with van der Waals surface area (Å²) in [5, 5.41) is 3.53. The zero-order valence-corrected chi connectivity index (χ0v) is 16.6. The molecule has 0 aliphatic heterocycles. The monoisotopic (exact) mass is 374 g/mol. The number of hydrogen-bond donors (Lipinski definition) is 1. The van der Waals surface area contributed by atoms with E-state index in [1.807, 2.05) is 17.7 Å². The smallest absolute Gasteiger partial charge is 0.239 e. The Kier molecular flexibility index (Phi) is 7.26. The highest BCUT2D eigenvalue weighted by molar-refractivity contribution is 7.99. The van der Waals surface area contributed by atoms with Crippen LogP contribution in [0, 0.1) is 13.8 Å². The summed E-state index contributed by atoms with van der Waals surface area (Å²) in [6.07, 6.45) is 4.51. The first-order valence-corrected chi connectivity index (χ1v) is 9.65. The molecule has 140 valence electrons. The minimum absolute atomic E-state index is 0.0742. The van der Waals surface area contributed by atoms with E-state index in [9.17, 15) is 9.59 Å². The molecule has 1 N–H and O–H groups in total. The Morgan fingerprint density at radius 3 is 2.81 bits per heavy atom. The quantitative estimate of drug-likeness (QED) is 0.721. The number of aromatic nitrogens is 2. The van der Waals surface area contributed by atoms with Crippen LogP contribution in [0.1, 0.15) is 24.5 Å². The van der Waals surface area contributed by atoms with Gasteiger partial charge in [-0.25, -0.2) is 4.98 Å². The SMILES string of the molecule is CCCNC(=O)CN(C)C(=O)CSc1nccn1-c1cc(C)ccc1C. The number of nitrogens with one attached hydrogen (secondary N) is 1. The summed E-state index contributed by atoms with van der Waals surface area (Å²) in [5.74, 6) is 0.00106. The summed E-state index contributed by atoms with van der Waals surface area (Å²) in [6.45, 7) is 6.80. The molecule has 2 rings (SSSR count). The molecule has 0 saturated heterocycles. The summed E-state index contributed by atoms with van der Waals surface area (Å²) in [4.78, 5) is 29.9. The fourth-order valence-corrected chi connectivity index (χ4v) is 3.33. The first kappa shape index (κ1) is 20.0. The number of amides is 2. The molecule has 0 unspecified atom stereocenters. The first-order chi connectivity index (χ1) is 12.4. The van der Waals surface area contributed by atoms with Gasteiger partial charge in [0.15, 0.2) is 5.16 Å². The Morgan fingerprint density at radius 2 is 2.08 bits per heavy atom. The van der Waals surface area contributed by atoms with Crippen molar-refractivity contribution in [3.05, 3.63) is 41.7 Å². The van der Waals surface area contributed by atoms with E-state index in [-0.39, 0.29) is 24.1 Å². The van der Waals surface area contributed by atoms with Crippen molar-refractivity contribution in [2.24, 2.45) is 0 Å². The molecule has 0 radical (unpaired) electrons. The number of imidazole rings is 1. The van der Waals surface area contributed by atoms with Crippen LogP contribution in [0.2, 0.25) is 0 Å². The molecule has 0 aliphatic rings. The van der Waals surface area contributed by atoms with Crippen molar-refractivity contribution < 1.29 is 9.59 Å². The number of benzene rings is 1. The minimum atomic E-state index is -0.135. The molecule has 7 heteroatoms. The van der Waals surface area contributed by atoms with Crippen molar-refractivity contribution in [3.63, 3.8) is 0 Å². The van der Waals surface area contributed by atoms with E-state index < -0.39 is 0 Å². The maximum absolute atomic E-state index is 12.3. The van der Waals surface area contributed by atoms with Gasteiger partial charge in [-0.2, -0.15) is 0 Å². The van der Waals surface area contributed by atoms with Gasteiger partial charge in [0.05, 0.1) is 18.0 Å². The number of thioether (sulfide) groups is 1. The van der Waals surface area contributed by atoms with Crippen LogP contribution in [-0.4, -0.2) is 52.2 Å². The van der Waals surface area contributed by atoms with E-state index in [4.69, 9.17) is 0 Å². The Morgan fingerprint density at radius 1 is 1.31 bits per heavy atom. The van der Waals surface area contributed by atoms with Crippen molar-refractivity contribution in [2.45, 2.75) is 32.3 Å². The number of nitrogens with zero attached hydrogens (tertiary/aromatic N) is 3. The van der Waals surface area contributed by atoms with Crippen molar-refractivity contribution in [1.82, 2.24) is 19.8 Å². The lowest BCUT2D eigenvalue weighted by Crippen LogP contribution is -2.39. The molecule has 0 bridgehead atoms. The van der Waals surface area contributed by atoms with Crippen LogP contribution in [0.5, 0.6) is 0 Å². The van der Waals surface area contributed by atoms with Gasteiger partial charge in [0.1, 0.15) is 0 Å². The minimum Gasteiger partial charge on any atom is -0.355 e. The Hall–Kier alpha value is -2.28. The lowest BCUT2D eigenvalue weighted by Gasteiger charge is -2.17. The predicted octanol–water partition coefficient (Wildman–Crippen LogP) is 2.57. The fourth-order valence-electron chi connectivity index (χ4n) is 2.42. The lowest BCUT2D eigenvalue weighted by atomic mass is 10.1. The second kappa shape index (κ2) is 9.43. The molecule has 0 atom stereocenters. The molecular formula is C19H26N4O2S. The number of aryl methyl sites for hydroxylation is 2. The highest BCUT2D eigenvalue weighted by Gasteiger charge is 2.15. The number of hydrogen-bond acceptors (Lipinski definition) is 4. The van der Waals surface area contributed by atoms with Crippen LogP contribution < -0.4 is 5.32 Å². The van der Waals surface area contributed by atoms with Crippen LogP contribution in [0.15, 0.2) is 35.7 Å². The van der Waals surface area contributed by atoms with Gasteiger partial charge < -0.3 is 10.2 Å². The second-order valence-electron chi connectivity index (χ2n) is 6.26. The van der Waals surface area contributed by atoms with Crippen LogP contribution >= 0.6 is 11.8 Å². The number of carbonyl (C=O) groups is 2. The molecule has 1 aromatic heterocycles. The number of rotatable bonds is 8. The number of carbonyl (C=O) groups excluding carboxylic acids is 2. The van der Waals surface area contributed by atoms with Gasteiger partial charge in [0.2, 0.25) is 11.8 Å². The third kappa shape index (κ3) is 5.36. The Bertz CT molecular complexity index is 773. The van der Waals surface area contributed by atoms with Gasteiger partial charge in [-0.1, -0.05) is 30.8 Å². The summed E-state index contributed by atoms with van der Waals surface area (Å²) in [7, 11) is 1.64. The Labute approximate surface area is 159 Å². The standard InChI is InChI=1S/C19H26N4O2S/c1-5-8-20-17(24)12-22(4)18(25)13-26-19-21-9-10-23(19)16-11-14(2)6-7-15(16)3/h6-7,9-11H,5,8,12-13H2,1-4H3,(H,20,24). The van der Waals surface area contributed by atoms with E-state index in [1.54, 1.807) is 13.2 Å². The molecule has 2 amide bonds. The van der Waals surface area contributed by atoms with E-state index in [1.165, 1.54) is 22.2 Å². The highest BCUT2D eigenvalue weighted by Crippen LogP contribution is 2.23. The first-order valence-electron chi connectivity index (χ1n) is 8.66. The predicted molar refractivity (Wildman–Crippen MR) is 105 cm³/mol. The van der Waals surface area contributed by atoms with Gasteiger partial charge in [0.25, 0.3) is 0 Å². The van der Waals surface area contributed by atoms with Crippen LogP contribution in [0.25, 0.3) is 5.69 Å². The average molecular weight is 375 g/mol. The van der Waals surface area contributed by atoms with E-state index >= 15 is 0 Å². The lowest BCUT2D eigenvalue weighted by molar-refractivity contribution is -0.132. The van der Waals surface area contributed by atoms with Crippen molar-refractivity contribution >= 4 is 23.6 Å². The van der Waals surface area contributed by atoms with Gasteiger partial charge in [-0.3, -0.25) is 14.2 Å². The summed E-state index contributed by atoms with van der Waals surface area (Å²) >= 11 is 1.37. The molecule has 2 aromatic rings. The van der Waals surface area contributed by atoms with E-state index in [2.05, 4.69) is 42.3 Å². The van der Waals surface area contributed by atoms with E-state index in [0.29, 0.717) is 6.54 Å². The highest BCUT2D eigenvalue weighted by atomic mass is 32.2.